The molecule has 0 aliphatic heterocycles. The summed E-state index contributed by atoms with van der Waals surface area (Å²) in [6.07, 6.45) is 1.51. The third kappa shape index (κ3) is 4.77. The number of nitrogens with one attached hydrogen (secondary N) is 2. The van der Waals surface area contributed by atoms with Crippen LogP contribution in [-0.4, -0.2) is 15.9 Å². The van der Waals surface area contributed by atoms with Gasteiger partial charge in [0.1, 0.15) is 11.5 Å². The Hall–Kier alpha value is -2.99. The predicted octanol–water partition coefficient (Wildman–Crippen LogP) is 3.81. The maximum atomic E-state index is 12.9. The molecule has 5 nitrogen and oxygen atoms in total. The monoisotopic (exact) mass is 370 g/mol. The van der Waals surface area contributed by atoms with E-state index < -0.39 is 0 Å². The summed E-state index contributed by atoms with van der Waals surface area (Å²) >= 11 is 6.11. The molecule has 0 aliphatic rings. The largest absolute Gasteiger partial charge is 0.350 e. The second-order valence-electron chi connectivity index (χ2n) is 5.52. The van der Waals surface area contributed by atoms with E-state index in [4.69, 9.17) is 11.6 Å². The van der Waals surface area contributed by atoms with E-state index in [0.29, 0.717) is 17.5 Å². The number of rotatable bonds is 6. The fourth-order valence-corrected chi connectivity index (χ4v) is 2.46. The second-order valence-corrected chi connectivity index (χ2v) is 5.93. The molecule has 132 valence electrons. The minimum absolute atomic E-state index is 0.240. The zero-order valence-corrected chi connectivity index (χ0v) is 14.5. The summed E-state index contributed by atoms with van der Waals surface area (Å²) in [5.41, 5.74) is 1.94. The quantitative estimate of drug-likeness (QED) is 0.692. The van der Waals surface area contributed by atoms with Crippen LogP contribution in [0.2, 0.25) is 5.02 Å². The highest BCUT2D eigenvalue weighted by Crippen LogP contribution is 2.15. The molecule has 0 saturated carbocycles. The van der Waals surface area contributed by atoms with Crippen molar-refractivity contribution in [2.45, 2.75) is 13.1 Å². The summed E-state index contributed by atoms with van der Waals surface area (Å²) in [7, 11) is 0. The first kappa shape index (κ1) is 17.8. The van der Waals surface area contributed by atoms with Crippen molar-refractivity contribution in [3.8, 4) is 0 Å². The Labute approximate surface area is 155 Å². The molecule has 7 heteroatoms. The SMILES string of the molecule is O=C(NCc1ccc(F)cc1)c1ccnc(NCc2ccccc2Cl)n1. The van der Waals surface area contributed by atoms with Gasteiger partial charge in [0.2, 0.25) is 5.95 Å². The van der Waals surface area contributed by atoms with Gasteiger partial charge in [-0.25, -0.2) is 14.4 Å². The second kappa shape index (κ2) is 8.40. The molecule has 3 rings (SSSR count). The van der Waals surface area contributed by atoms with E-state index >= 15 is 0 Å². The zero-order valence-electron chi connectivity index (χ0n) is 13.7. The summed E-state index contributed by atoms with van der Waals surface area (Å²) in [5, 5.41) is 6.44. The van der Waals surface area contributed by atoms with E-state index in [2.05, 4.69) is 20.6 Å². The van der Waals surface area contributed by atoms with Gasteiger partial charge in [-0.1, -0.05) is 41.9 Å². The van der Waals surface area contributed by atoms with Gasteiger partial charge in [0.15, 0.2) is 0 Å². The molecule has 2 N–H and O–H groups in total. The summed E-state index contributed by atoms with van der Waals surface area (Å²) in [5.74, 6) is -0.318. The van der Waals surface area contributed by atoms with Gasteiger partial charge < -0.3 is 10.6 Å². The van der Waals surface area contributed by atoms with Crippen molar-refractivity contribution in [1.29, 1.82) is 0 Å². The van der Waals surface area contributed by atoms with Crippen LogP contribution in [0.5, 0.6) is 0 Å². The number of carbonyl (C=O) groups excluding carboxylic acids is 1. The van der Waals surface area contributed by atoms with Gasteiger partial charge in [-0.05, 0) is 35.4 Å². The van der Waals surface area contributed by atoms with Crippen LogP contribution in [0.1, 0.15) is 21.6 Å². The fraction of sp³-hybridized carbons (Fsp3) is 0.105. The van der Waals surface area contributed by atoms with E-state index in [1.807, 2.05) is 18.2 Å². The molecule has 0 fully saturated rings. The van der Waals surface area contributed by atoms with Crippen molar-refractivity contribution in [1.82, 2.24) is 15.3 Å². The first-order chi connectivity index (χ1) is 12.6. The molecular formula is C19H16ClFN4O. The Morgan fingerprint density at radius 2 is 1.81 bits per heavy atom. The van der Waals surface area contributed by atoms with E-state index in [1.165, 1.54) is 24.4 Å². The Bertz CT molecular complexity index is 902. The molecule has 0 atom stereocenters. The number of amides is 1. The fourth-order valence-electron chi connectivity index (χ4n) is 2.26. The molecule has 1 aromatic heterocycles. The van der Waals surface area contributed by atoms with Crippen LogP contribution in [0.3, 0.4) is 0 Å². The third-order valence-electron chi connectivity index (χ3n) is 3.65. The van der Waals surface area contributed by atoms with Crippen LogP contribution >= 0.6 is 11.6 Å². The highest BCUT2D eigenvalue weighted by Gasteiger charge is 2.09. The van der Waals surface area contributed by atoms with Crippen LogP contribution in [-0.2, 0) is 13.1 Å². The lowest BCUT2D eigenvalue weighted by Crippen LogP contribution is -2.24. The van der Waals surface area contributed by atoms with Crippen molar-refractivity contribution in [2.24, 2.45) is 0 Å². The summed E-state index contributed by atoms with van der Waals surface area (Å²) in [6, 6.07) is 14.9. The van der Waals surface area contributed by atoms with Gasteiger partial charge in [0, 0.05) is 24.3 Å². The molecular weight excluding hydrogens is 355 g/mol. The highest BCUT2D eigenvalue weighted by molar-refractivity contribution is 6.31. The minimum atomic E-state index is -0.336. The number of halogens is 2. The van der Waals surface area contributed by atoms with E-state index in [0.717, 1.165) is 11.1 Å². The van der Waals surface area contributed by atoms with Gasteiger partial charge in [-0.3, -0.25) is 4.79 Å². The lowest BCUT2D eigenvalue weighted by Gasteiger charge is -2.08. The molecule has 3 aromatic rings. The maximum Gasteiger partial charge on any atom is 0.270 e. The third-order valence-corrected chi connectivity index (χ3v) is 4.02. The molecule has 0 unspecified atom stereocenters. The number of hydrogen-bond donors (Lipinski definition) is 2. The number of aromatic nitrogens is 2. The van der Waals surface area contributed by atoms with E-state index in [1.54, 1.807) is 18.2 Å². The Kier molecular flexibility index (Phi) is 5.76. The Balaban J connectivity index is 1.60. The van der Waals surface area contributed by atoms with Gasteiger partial charge in [-0.2, -0.15) is 0 Å². The zero-order chi connectivity index (χ0) is 18.4. The molecule has 1 heterocycles. The lowest BCUT2D eigenvalue weighted by atomic mass is 10.2. The number of carbonyl (C=O) groups is 1. The average molecular weight is 371 g/mol. The Morgan fingerprint density at radius 3 is 2.58 bits per heavy atom. The smallest absolute Gasteiger partial charge is 0.270 e. The summed E-state index contributed by atoms with van der Waals surface area (Å²) in [4.78, 5) is 20.6. The van der Waals surface area contributed by atoms with Crippen LogP contribution in [0.25, 0.3) is 0 Å². The van der Waals surface area contributed by atoms with Gasteiger partial charge in [0.25, 0.3) is 5.91 Å². The molecule has 0 radical (unpaired) electrons. The van der Waals surface area contributed by atoms with Gasteiger partial charge in [0.05, 0.1) is 0 Å². The Morgan fingerprint density at radius 1 is 1.04 bits per heavy atom. The molecule has 2 aromatic carbocycles. The summed E-state index contributed by atoms with van der Waals surface area (Å²) < 4.78 is 12.9. The van der Waals surface area contributed by atoms with Crippen LogP contribution in [0, 0.1) is 5.82 Å². The number of benzene rings is 2. The van der Waals surface area contributed by atoms with Crippen LogP contribution < -0.4 is 10.6 Å². The normalized spacial score (nSPS) is 10.4. The predicted molar refractivity (Wildman–Crippen MR) is 98.4 cm³/mol. The van der Waals surface area contributed by atoms with E-state index in [-0.39, 0.29) is 24.0 Å². The average Bonchev–Trinajstić information content (AvgIpc) is 2.67. The van der Waals surface area contributed by atoms with Crippen molar-refractivity contribution >= 4 is 23.5 Å². The maximum absolute atomic E-state index is 12.9. The molecule has 0 aliphatic carbocycles. The molecule has 0 bridgehead atoms. The highest BCUT2D eigenvalue weighted by atomic mass is 35.5. The summed E-state index contributed by atoms with van der Waals surface area (Å²) in [6.45, 7) is 0.728. The van der Waals surface area contributed by atoms with Crippen molar-refractivity contribution in [3.05, 3.63) is 88.5 Å². The topological polar surface area (TPSA) is 66.9 Å². The molecule has 1 amide bonds. The lowest BCUT2D eigenvalue weighted by molar-refractivity contribution is 0.0946. The first-order valence-electron chi connectivity index (χ1n) is 7.95. The minimum Gasteiger partial charge on any atom is -0.350 e. The van der Waals surface area contributed by atoms with Crippen molar-refractivity contribution in [3.63, 3.8) is 0 Å². The van der Waals surface area contributed by atoms with Gasteiger partial charge >= 0.3 is 0 Å². The van der Waals surface area contributed by atoms with Crippen LogP contribution in [0.4, 0.5) is 10.3 Å². The number of nitrogens with zero attached hydrogens (tertiary/aromatic N) is 2. The molecule has 26 heavy (non-hydrogen) atoms. The van der Waals surface area contributed by atoms with Gasteiger partial charge in [-0.15, -0.1) is 0 Å². The molecule has 0 spiro atoms. The van der Waals surface area contributed by atoms with Crippen molar-refractivity contribution < 1.29 is 9.18 Å². The van der Waals surface area contributed by atoms with Crippen molar-refractivity contribution in [2.75, 3.05) is 5.32 Å². The first-order valence-corrected chi connectivity index (χ1v) is 8.32. The number of hydrogen-bond acceptors (Lipinski definition) is 4. The number of anilines is 1. The standard InChI is InChI=1S/C19H16ClFN4O/c20-16-4-2-1-3-14(16)12-24-19-22-10-9-17(25-19)18(26)23-11-13-5-7-15(21)8-6-13/h1-10H,11-12H2,(H,23,26)(H,22,24,25). The van der Waals surface area contributed by atoms with Crippen LogP contribution in [0.15, 0.2) is 60.8 Å². The molecule has 0 saturated heterocycles. The van der Waals surface area contributed by atoms with E-state index in [9.17, 15) is 9.18 Å².